The van der Waals surface area contributed by atoms with Crippen molar-refractivity contribution in [3.63, 3.8) is 0 Å². The molecule has 5 nitrogen and oxygen atoms in total. The van der Waals surface area contributed by atoms with E-state index >= 15 is 0 Å². The molecular weight excluding hydrogens is 294 g/mol. The van der Waals surface area contributed by atoms with Crippen molar-refractivity contribution in [2.45, 2.75) is 33.2 Å². The predicted octanol–water partition coefficient (Wildman–Crippen LogP) is 3.03. The number of ether oxygens (including phenoxy) is 2. The van der Waals surface area contributed by atoms with E-state index in [0.29, 0.717) is 0 Å². The van der Waals surface area contributed by atoms with Crippen molar-refractivity contribution in [3.05, 3.63) is 23.8 Å². The summed E-state index contributed by atoms with van der Waals surface area (Å²) in [6.07, 6.45) is 1.80. The van der Waals surface area contributed by atoms with Gasteiger partial charge in [0.1, 0.15) is 11.5 Å². The highest BCUT2D eigenvalue weighted by Gasteiger charge is 2.38. The molecule has 0 bridgehead atoms. The summed E-state index contributed by atoms with van der Waals surface area (Å²) >= 11 is 0. The van der Waals surface area contributed by atoms with Crippen LogP contribution in [0.1, 0.15) is 32.3 Å². The second-order valence-corrected chi connectivity index (χ2v) is 6.72. The van der Waals surface area contributed by atoms with E-state index in [-0.39, 0.29) is 5.92 Å². The minimum absolute atomic E-state index is 0.218. The Labute approximate surface area is 138 Å². The SMILES string of the molecule is COc1cccc(OC)c1CN1CCC(C(C)(C)C(=O)O)CC1. The van der Waals surface area contributed by atoms with Gasteiger partial charge in [-0.15, -0.1) is 0 Å². The van der Waals surface area contributed by atoms with Crippen molar-refractivity contribution < 1.29 is 19.4 Å². The van der Waals surface area contributed by atoms with Gasteiger partial charge in [-0.05, 0) is 57.8 Å². The lowest BCUT2D eigenvalue weighted by Crippen LogP contribution is -2.41. The topological polar surface area (TPSA) is 59.0 Å². The van der Waals surface area contributed by atoms with Crippen molar-refractivity contribution >= 4 is 5.97 Å². The normalized spacial score (nSPS) is 17.0. The number of likely N-dealkylation sites (tertiary alicyclic amines) is 1. The molecule has 0 radical (unpaired) electrons. The number of rotatable bonds is 6. The third-order valence-electron chi connectivity index (χ3n) is 5.07. The average Bonchev–Trinajstić information content (AvgIpc) is 2.55. The van der Waals surface area contributed by atoms with E-state index in [9.17, 15) is 9.90 Å². The van der Waals surface area contributed by atoms with Gasteiger partial charge in [0.25, 0.3) is 0 Å². The molecule has 0 aliphatic carbocycles. The lowest BCUT2D eigenvalue weighted by molar-refractivity contribution is -0.151. The van der Waals surface area contributed by atoms with Gasteiger partial charge in [-0.25, -0.2) is 0 Å². The maximum atomic E-state index is 11.4. The van der Waals surface area contributed by atoms with Crippen molar-refractivity contribution in [2.24, 2.45) is 11.3 Å². The molecule has 1 aromatic rings. The lowest BCUT2D eigenvalue weighted by atomic mass is 9.73. The van der Waals surface area contributed by atoms with Crippen LogP contribution >= 0.6 is 0 Å². The highest BCUT2D eigenvalue weighted by atomic mass is 16.5. The smallest absolute Gasteiger partial charge is 0.309 e. The standard InChI is InChI=1S/C18H27NO4/c1-18(2,17(20)21)13-8-10-19(11-9-13)12-14-15(22-3)6-5-7-16(14)23-4/h5-7,13H,8-12H2,1-4H3,(H,20,21). The summed E-state index contributed by atoms with van der Waals surface area (Å²) in [4.78, 5) is 13.8. The van der Waals surface area contributed by atoms with E-state index < -0.39 is 11.4 Å². The zero-order valence-corrected chi connectivity index (χ0v) is 14.5. The van der Waals surface area contributed by atoms with Gasteiger partial charge in [-0.1, -0.05) is 6.07 Å². The van der Waals surface area contributed by atoms with Crippen LogP contribution in [-0.4, -0.2) is 43.3 Å². The van der Waals surface area contributed by atoms with E-state index in [1.54, 1.807) is 14.2 Å². The number of methoxy groups -OCH3 is 2. The monoisotopic (exact) mass is 321 g/mol. The molecule has 0 saturated carbocycles. The van der Waals surface area contributed by atoms with Crippen molar-refractivity contribution in [3.8, 4) is 11.5 Å². The zero-order chi connectivity index (χ0) is 17.0. The van der Waals surface area contributed by atoms with Crippen LogP contribution in [0.15, 0.2) is 18.2 Å². The highest BCUT2D eigenvalue weighted by molar-refractivity contribution is 5.74. The molecule has 23 heavy (non-hydrogen) atoms. The fourth-order valence-corrected chi connectivity index (χ4v) is 3.29. The van der Waals surface area contributed by atoms with Gasteiger partial charge in [-0.3, -0.25) is 9.69 Å². The number of carbonyl (C=O) groups is 1. The van der Waals surface area contributed by atoms with Crippen LogP contribution < -0.4 is 9.47 Å². The molecule has 128 valence electrons. The molecule has 1 aromatic carbocycles. The first-order valence-corrected chi connectivity index (χ1v) is 8.05. The second kappa shape index (κ2) is 7.21. The molecule has 0 atom stereocenters. The third-order valence-corrected chi connectivity index (χ3v) is 5.07. The highest BCUT2D eigenvalue weighted by Crippen LogP contribution is 2.37. The Morgan fingerprint density at radius 1 is 1.22 bits per heavy atom. The Bertz CT molecular complexity index is 526. The van der Waals surface area contributed by atoms with Crippen LogP contribution in [0.3, 0.4) is 0 Å². The Kier molecular flexibility index (Phi) is 5.52. The van der Waals surface area contributed by atoms with Crippen molar-refractivity contribution in [1.82, 2.24) is 4.90 Å². The van der Waals surface area contributed by atoms with Crippen LogP contribution in [0.2, 0.25) is 0 Å². The third kappa shape index (κ3) is 3.78. The summed E-state index contributed by atoms with van der Waals surface area (Å²) in [5.41, 5.74) is 0.391. The first-order valence-electron chi connectivity index (χ1n) is 8.05. The van der Waals surface area contributed by atoms with Gasteiger partial charge in [0.15, 0.2) is 0 Å². The van der Waals surface area contributed by atoms with E-state index in [0.717, 1.165) is 49.5 Å². The number of piperidine rings is 1. The quantitative estimate of drug-likeness (QED) is 0.873. The summed E-state index contributed by atoms with van der Waals surface area (Å²) in [5, 5.41) is 9.38. The van der Waals surface area contributed by atoms with Crippen molar-refractivity contribution in [2.75, 3.05) is 27.3 Å². The molecule has 0 amide bonds. The van der Waals surface area contributed by atoms with Crippen molar-refractivity contribution in [1.29, 1.82) is 0 Å². The number of carboxylic acids is 1. The number of benzene rings is 1. The molecule has 0 unspecified atom stereocenters. The number of carboxylic acid groups (broad SMARTS) is 1. The summed E-state index contributed by atoms with van der Waals surface area (Å²) in [6.45, 7) is 6.20. The van der Waals surface area contributed by atoms with E-state index in [1.165, 1.54) is 0 Å². The average molecular weight is 321 g/mol. The first-order chi connectivity index (χ1) is 10.9. The summed E-state index contributed by atoms with van der Waals surface area (Å²) in [7, 11) is 3.33. The predicted molar refractivity (Wildman–Crippen MR) is 89.0 cm³/mol. The van der Waals surface area contributed by atoms with Crippen LogP contribution in [0.5, 0.6) is 11.5 Å². The maximum Gasteiger partial charge on any atom is 0.309 e. The minimum atomic E-state index is -0.706. The van der Waals surface area contributed by atoms with Gasteiger partial charge in [0.05, 0.1) is 25.2 Å². The minimum Gasteiger partial charge on any atom is -0.496 e. The van der Waals surface area contributed by atoms with Crippen LogP contribution in [0, 0.1) is 11.3 Å². The molecule has 5 heteroatoms. The fraction of sp³-hybridized carbons (Fsp3) is 0.611. The Morgan fingerprint density at radius 3 is 2.17 bits per heavy atom. The zero-order valence-electron chi connectivity index (χ0n) is 14.5. The number of hydrogen-bond donors (Lipinski definition) is 1. The summed E-state index contributed by atoms with van der Waals surface area (Å²) in [6, 6.07) is 5.80. The molecule has 2 rings (SSSR count). The van der Waals surface area contributed by atoms with E-state index in [1.807, 2.05) is 32.0 Å². The molecule has 1 aliphatic heterocycles. The molecule has 0 aromatic heterocycles. The van der Waals surface area contributed by atoms with Crippen LogP contribution in [0.4, 0.5) is 0 Å². The van der Waals surface area contributed by atoms with Gasteiger partial charge in [-0.2, -0.15) is 0 Å². The van der Waals surface area contributed by atoms with E-state index in [4.69, 9.17) is 9.47 Å². The Hall–Kier alpha value is -1.75. The largest absolute Gasteiger partial charge is 0.496 e. The van der Waals surface area contributed by atoms with Crippen LogP contribution in [-0.2, 0) is 11.3 Å². The van der Waals surface area contributed by atoms with Crippen LogP contribution in [0.25, 0.3) is 0 Å². The first kappa shape index (κ1) is 17.6. The number of hydrogen-bond acceptors (Lipinski definition) is 4. The molecule has 1 fully saturated rings. The van der Waals surface area contributed by atoms with Gasteiger partial charge in [0.2, 0.25) is 0 Å². The van der Waals surface area contributed by atoms with Gasteiger partial charge < -0.3 is 14.6 Å². The molecular formula is C18H27NO4. The molecule has 1 heterocycles. The van der Waals surface area contributed by atoms with Gasteiger partial charge in [0, 0.05) is 6.54 Å². The Morgan fingerprint density at radius 2 is 1.74 bits per heavy atom. The maximum absolute atomic E-state index is 11.4. The fourth-order valence-electron chi connectivity index (χ4n) is 3.29. The van der Waals surface area contributed by atoms with Gasteiger partial charge >= 0.3 is 5.97 Å². The van der Waals surface area contributed by atoms with E-state index in [2.05, 4.69) is 4.90 Å². The number of aliphatic carboxylic acids is 1. The molecule has 0 spiro atoms. The summed E-state index contributed by atoms with van der Waals surface area (Å²) in [5.74, 6) is 1.17. The molecule has 1 saturated heterocycles. The molecule has 1 aliphatic rings. The second-order valence-electron chi connectivity index (χ2n) is 6.72. The number of nitrogens with zero attached hydrogens (tertiary/aromatic N) is 1. The Balaban J connectivity index is 2.04. The summed E-state index contributed by atoms with van der Waals surface area (Å²) < 4.78 is 10.9. The lowest BCUT2D eigenvalue weighted by Gasteiger charge is -2.38. The molecule has 1 N–H and O–H groups in total.